The molecule has 2 heterocycles. The Kier molecular flexibility index (Phi) is 5.06. The van der Waals surface area contributed by atoms with E-state index in [0.29, 0.717) is 5.69 Å². The van der Waals surface area contributed by atoms with Gasteiger partial charge in [0, 0.05) is 21.4 Å². The standard InChI is InChI=1S/C25H18N2O3S/c28-24(27-21-11-3-1-9-19(21)20-10-2-4-12-22(20)27)16-31-18-8-5-7-17(15-18)26-25(29)23-13-6-14-30-23/h1-15H,16H2,(H,26,29). The van der Waals surface area contributed by atoms with Crippen LogP contribution in [0.4, 0.5) is 5.69 Å². The van der Waals surface area contributed by atoms with Gasteiger partial charge in [0.25, 0.3) is 5.91 Å². The predicted molar refractivity (Wildman–Crippen MR) is 124 cm³/mol. The van der Waals surface area contributed by atoms with E-state index in [4.69, 9.17) is 4.42 Å². The summed E-state index contributed by atoms with van der Waals surface area (Å²) in [4.78, 5) is 26.3. The number of thioether (sulfide) groups is 1. The van der Waals surface area contributed by atoms with Crippen LogP contribution in [-0.4, -0.2) is 22.1 Å². The summed E-state index contributed by atoms with van der Waals surface area (Å²) in [7, 11) is 0. The normalized spacial score (nSPS) is 11.1. The molecule has 5 nitrogen and oxygen atoms in total. The highest BCUT2D eigenvalue weighted by atomic mass is 32.2. The lowest BCUT2D eigenvalue weighted by Gasteiger charge is -2.08. The fraction of sp³-hybridized carbons (Fsp3) is 0.0400. The number of fused-ring (bicyclic) bond motifs is 3. The van der Waals surface area contributed by atoms with Crippen LogP contribution in [0.2, 0.25) is 0 Å². The minimum atomic E-state index is -0.312. The summed E-state index contributed by atoms with van der Waals surface area (Å²) in [6.07, 6.45) is 1.46. The molecule has 0 radical (unpaired) electrons. The molecule has 0 aliphatic heterocycles. The van der Waals surface area contributed by atoms with Gasteiger partial charge < -0.3 is 9.73 Å². The fourth-order valence-electron chi connectivity index (χ4n) is 3.66. The zero-order valence-electron chi connectivity index (χ0n) is 16.4. The van der Waals surface area contributed by atoms with Crippen molar-refractivity contribution in [2.75, 3.05) is 11.1 Å². The van der Waals surface area contributed by atoms with Crippen LogP contribution in [0, 0.1) is 0 Å². The van der Waals surface area contributed by atoms with Crippen molar-refractivity contribution >= 4 is 51.1 Å². The Morgan fingerprint density at radius 1 is 0.839 bits per heavy atom. The van der Waals surface area contributed by atoms with E-state index in [1.54, 1.807) is 22.8 Å². The van der Waals surface area contributed by atoms with E-state index in [1.165, 1.54) is 18.0 Å². The highest BCUT2D eigenvalue weighted by Gasteiger charge is 2.16. The summed E-state index contributed by atoms with van der Waals surface area (Å²) in [5, 5.41) is 4.95. The van der Waals surface area contributed by atoms with Crippen LogP contribution >= 0.6 is 11.8 Å². The molecule has 5 aromatic rings. The van der Waals surface area contributed by atoms with E-state index in [-0.39, 0.29) is 23.3 Å². The molecule has 1 N–H and O–H groups in total. The third-order valence-corrected chi connectivity index (χ3v) is 6.01. The largest absolute Gasteiger partial charge is 0.459 e. The van der Waals surface area contributed by atoms with E-state index in [2.05, 4.69) is 5.32 Å². The molecule has 152 valence electrons. The Hall–Kier alpha value is -3.77. The monoisotopic (exact) mass is 426 g/mol. The lowest BCUT2D eigenvalue weighted by Crippen LogP contribution is -2.13. The first kappa shape index (κ1) is 19.2. The summed E-state index contributed by atoms with van der Waals surface area (Å²) in [5.74, 6) is 0.221. The topological polar surface area (TPSA) is 64.2 Å². The third kappa shape index (κ3) is 3.73. The van der Waals surface area contributed by atoms with E-state index >= 15 is 0 Å². The zero-order valence-corrected chi connectivity index (χ0v) is 17.3. The summed E-state index contributed by atoms with van der Waals surface area (Å²) in [6, 6.07) is 26.6. The first-order chi connectivity index (χ1) is 15.2. The van der Waals surface area contributed by atoms with Crippen LogP contribution in [-0.2, 0) is 0 Å². The third-order valence-electron chi connectivity index (χ3n) is 5.03. The molecular formula is C25H18N2O3S. The van der Waals surface area contributed by atoms with Crippen molar-refractivity contribution in [1.82, 2.24) is 4.57 Å². The van der Waals surface area contributed by atoms with Crippen LogP contribution in [0.1, 0.15) is 15.3 Å². The quantitative estimate of drug-likeness (QED) is 0.346. The van der Waals surface area contributed by atoms with Crippen molar-refractivity contribution < 1.29 is 14.0 Å². The van der Waals surface area contributed by atoms with Gasteiger partial charge in [-0.05, 0) is 42.5 Å². The molecular weight excluding hydrogens is 408 g/mol. The van der Waals surface area contributed by atoms with E-state index in [0.717, 1.165) is 26.7 Å². The molecule has 0 spiro atoms. The molecule has 5 rings (SSSR count). The van der Waals surface area contributed by atoms with Gasteiger partial charge in [-0.1, -0.05) is 42.5 Å². The number of amides is 1. The number of nitrogens with zero attached hydrogens (tertiary/aromatic N) is 1. The van der Waals surface area contributed by atoms with Crippen molar-refractivity contribution in [1.29, 1.82) is 0 Å². The Balaban J connectivity index is 1.36. The van der Waals surface area contributed by atoms with Gasteiger partial charge in [-0.15, -0.1) is 11.8 Å². The maximum absolute atomic E-state index is 13.2. The molecule has 1 amide bonds. The highest BCUT2D eigenvalue weighted by Crippen LogP contribution is 2.30. The number of carbonyl (C=O) groups is 2. The number of hydrogen-bond donors (Lipinski definition) is 1. The van der Waals surface area contributed by atoms with Gasteiger partial charge in [-0.3, -0.25) is 14.2 Å². The van der Waals surface area contributed by atoms with E-state index in [1.807, 2.05) is 66.7 Å². The fourth-order valence-corrected chi connectivity index (χ4v) is 4.47. The number of furan rings is 1. The lowest BCUT2D eigenvalue weighted by atomic mass is 10.2. The molecule has 0 fully saturated rings. The summed E-state index contributed by atoms with van der Waals surface area (Å²) < 4.78 is 6.92. The van der Waals surface area contributed by atoms with Gasteiger partial charge in [0.1, 0.15) is 0 Å². The Morgan fingerprint density at radius 2 is 1.55 bits per heavy atom. The molecule has 0 aliphatic rings. The van der Waals surface area contributed by atoms with Crippen molar-refractivity contribution in [3.8, 4) is 0 Å². The SMILES string of the molecule is O=C(Nc1cccc(SCC(=O)n2c3ccccc3c3ccccc32)c1)c1ccco1. The van der Waals surface area contributed by atoms with Gasteiger partial charge in [0.2, 0.25) is 5.91 Å². The van der Waals surface area contributed by atoms with Crippen LogP contribution in [0.15, 0.2) is 101 Å². The minimum absolute atomic E-state index is 0.00687. The van der Waals surface area contributed by atoms with Crippen LogP contribution in [0.3, 0.4) is 0 Å². The van der Waals surface area contributed by atoms with Crippen LogP contribution < -0.4 is 5.32 Å². The average molecular weight is 426 g/mol. The number of carbonyl (C=O) groups excluding carboxylic acids is 2. The average Bonchev–Trinajstić information content (AvgIpc) is 3.45. The first-order valence-electron chi connectivity index (χ1n) is 9.80. The smallest absolute Gasteiger partial charge is 0.291 e. The number of hydrogen-bond acceptors (Lipinski definition) is 4. The van der Waals surface area contributed by atoms with Gasteiger partial charge >= 0.3 is 0 Å². The van der Waals surface area contributed by atoms with Crippen molar-refractivity contribution in [3.63, 3.8) is 0 Å². The Bertz CT molecular complexity index is 1350. The van der Waals surface area contributed by atoms with Crippen LogP contribution in [0.25, 0.3) is 21.8 Å². The maximum Gasteiger partial charge on any atom is 0.291 e. The molecule has 0 atom stereocenters. The second kappa shape index (κ2) is 8.16. The second-order valence-corrected chi connectivity index (χ2v) is 8.06. The molecule has 0 saturated carbocycles. The van der Waals surface area contributed by atoms with E-state index in [9.17, 15) is 9.59 Å². The molecule has 31 heavy (non-hydrogen) atoms. The van der Waals surface area contributed by atoms with Gasteiger partial charge in [-0.2, -0.15) is 0 Å². The van der Waals surface area contributed by atoms with Gasteiger partial charge in [0.05, 0.1) is 23.0 Å². The summed E-state index contributed by atoms with van der Waals surface area (Å²) >= 11 is 1.44. The van der Waals surface area contributed by atoms with Crippen molar-refractivity contribution in [2.45, 2.75) is 4.90 Å². The molecule has 6 heteroatoms. The zero-order chi connectivity index (χ0) is 21.2. The molecule has 0 aliphatic carbocycles. The molecule has 0 saturated heterocycles. The number of anilines is 1. The van der Waals surface area contributed by atoms with Gasteiger partial charge in [-0.25, -0.2) is 0 Å². The van der Waals surface area contributed by atoms with Gasteiger partial charge in [0.15, 0.2) is 5.76 Å². The van der Waals surface area contributed by atoms with E-state index < -0.39 is 0 Å². The number of aromatic nitrogens is 1. The maximum atomic E-state index is 13.2. The summed E-state index contributed by atoms with van der Waals surface area (Å²) in [5.41, 5.74) is 2.47. The Morgan fingerprint density at radius 3 is 2.23 bits per heavy atom. The van der Waals surface area contributed by atoms with Crippen LogP contribution in [0.5, 0.6) is 0 Å². The minimum Gasteiger partial charge on any atom is -0.459 e. The number of benzene rings is 3. The molecule has 0 bridgehead atoms. The number of rotatable bonds is 5. The Labute approximate surface area is 182 Å². The number of para-hydroxylation sites is 2. The second-order valence-electron chi connectivity index (χ2n) is 7.01. The molecule has 2 aromatic heterocycles. The lowest BCUT2D eigenvalue weighted by molar-refractivity contribution is 0.0950. The van der Waals surface area contributed by atoms with Crippen molar-refractivity contribution in [2.24, 2.45) is 0 Å². The first-order valence-corrected chi connectivity index (χ1v) is 10.8. The predicted octanol–water partition coefficient (Wildman–Crippen LogP) is 6.07. The molecule has 0 unspecified atom stereocenters. The number of nitrogens with one attached hydrogen (secondary N) is 1. The molecule has 3 aromatic carbocycles. The summed E-state index contributed by atoms with van der Waals surface area (Å²) in [6.45, 7) is 0. The highest BCUT2D eigenvalue weighted by molar-refractivity contribution is 8.00. The van der Waals surface area contributed by atoms with Crippen molar-refractivity contribution in [3.05, 3.63) is 97.0 Å².